The van der Waals surface area contributed by atoms with Crippen molar-refractivity contribution in [1.82, 2.24) is 9.97 Å². The Morgan fingerprint density at radius 2 is 1.62 bits per heavy atom. The lowest BCUT2D eigenvalue weighted by Gasteiger charge is -2.14. The van der Waals surface area contributed by atoms with E-state index in [9.17, 15) is 9.59 Å². The SMILES string of the molecule is CC(=O)Nc1ccc(NC(=O)c2cc(NC3CCCC3)nc(C)n2)cc1. The van der Waals surface area contributed by atoms with Gasteiger partial charge < -0.3 is 16.0 Å². The first-order chi connectivity index (χ1) is 12.5. The topological polar surface area (TPSA) is 96.0 Å². The highest BCUT2D eigenvalue weighted by Crippen LogP contribution is 2.22. The molecule has 0 radical (unpaired) electrons. The van der Waals surface area contributed by atoms with E-state index in [-0.39, 0.29) is 11.8 Å². The van der Waals surface area contributed by atoms with Crippen molar-refractivity contribution >= 4 is 29.0 Å². The minimum atomic E-state index is -0.294. The maximum absolute atomic E-state index is 12.5. The summed E-state index contributed by atoms with van der Waals surface area (Å²) in [5.74, 6) is 0.812. The molecule has 26 heavy (non-hydrogen) atoms. The Bertz CT molecular complexity index is 798. The summed E-state index contributed by atoms with van der Waals surface area (Å²) in [4.78, 5) is 32.2. The number of anilines is 3. The molecule has 7 nitrogen and oxygen atoms in total. The molecule has 0 spiro atoms. The van der Waals surface area contributed by atoms with Gasteiger partial charge in [-0.15, -0.1) is 0 Å². The van der Waals surface area contributed by atoms with Crippen LogP contribution in [0.3, 0.4) is 0 Å². The van der Waals surface area contributed by atoms with Crippen molar-refractivity contribution in [2.45, 2.75) is 45.6 Å². The molecule has 1 aliphatic rings. The zero-order valence-corrected chi connectivity index (χ0v) is 15.0. The fourth-order valence-electron chi connectivity index (χ4n) is 3.07. The van der Waals surface area contributed by atoms with E-state index in [0.29, 0.717) is 34.8 Å². The molecule has 3 rings (SSSR count). The Morgan fingerprint density at radius 3 is 2.23 bits per heavy atom. The zero-order valence-electron chi connectivity index (χ0n) is 15.0. The maximum atomic E-state index is 12.5. The molecule has 0 bridgehead atoms. The van der Waals surface area contributed by atoms with Gasteiger partial charge in [0, 0.05) is 30.4 Å². The monoisotopic (exact) mass is 353 g/mol. The van der Waals surface area contributed by atoms with Gasteiger partial charge in [-0.1, -0.05) is 12.8 Å². The molecule has 1 aromatic heterocycles. The van der Waals surface area contributed by atoms with E-state index in [1.807, 2.05) is 0 Å². The lowest BCUT2D eigenvalue weighted by molar-refractivity contribution is -0.114. The predicted molar refractivity (Wildman–Crippen MR) is 101 cm³/mol. The quantitative estimate of drug-likeness (QED) is 0.766. The number of nitrogens with one attached hydrogen (secondary N) is 3. The molecule has 3 N–H and O–H groups in total. The Hall–Kier alpha value is -2.96. The van der Waals surface area contributed by atoms with Gasteiger partial charge >= 0.3 is 0 Å². The lowest BCUT2D eigenvalue weighted by Crippen LogP contribution is -2.19. The molecule has 1 aliphatic carbocycles. The number of rotatable bonds is 5. The van der Waals surface area contributed by atoms with Crippen LogP contribution >= 0.6 is 0 Å². The van der Waals surface area contributed by atoms with Crippen LogP contribution in [-0.2, 0) is 4.79 Å². The first-order valence-electron chi connectivity index (χ1n) is 8.81. The highest BCUT2D eigenvalue weighted by molar-refractivity contribution is 6.03. The number of carbonyl (C=O) groups is 2. The molecule has 1 saturated carbocycles. The van der Waals surface area contributed by atoms with E-state index in [1.54, 1.807) is 37.3 Å². The maximum Gasteiger partial charge on any atom is 0.274 e. The zero-order chi connectivity index (χ0) is 18.5. The molecule has 1 aromatic carbocycles. The molecule has 7 heteroatoms. The van der Waals surface area contributed by atoms with Crippen LogP contribution in [0.15, 0.2) is 30.3 Å². The average Bonchev–Trinajstić information content (AvgIpc) is 3.08. The number of amides is 2. The Morgan fingerprint density at radius 1 is 1.00 bits per heavy atom. The summed E-state index contributed by atoms with van der Waals surface area (Å²) >= 11 is 0. The number of benzene rings is 1. The van der Waals surface area contributed by atoms with Crippen LogP contribution < -0.4 is 16.0 Å². The fourth-order valence-corrected chi connectivity index (χ4v) is 3.07. The highest BCUT2D eigenvalue weighted by Gasteiger charge is 2.17. The third-order valence-electron chi connectivity index (χ3n) is 4.24. The highest BCUT2D eigenvalue weighted by atomic mass is 16.2. The molecule has 1 heterocycles. The van der Waals surface area contributed by atoms with E-state index in [4.69, 9.17) is 0 Å². The number of hydrogen-bond acceptors (Lipinski definition) is 5. The molecular formula is C19H23N5O2. The van der Waals surface area contributed by atoms with Crippen LogP contribution in [0.25, 0.3) is 0 Å². The Labute approximate surface area is 152 Å². The van der Waals surface area contributed by atoms with Crippen molar-refractivity contribution < 1.29 is 9.59 Å². The van der Waals surface area contributed by atoms with Gasteiger partial charge in [-0.3, -0.25) is 9.59 Å². The molecule has 2 amide bonds. The summed E-state index contributed by atoms with van der Waals surface area (Å²) in [5.41, 5.74) is 1.63. The van der Waals surface area contributed by atoms with Crippen molar-refractivity contribution in [3.05, 3.63) is 41.9 Å². The number of carbonyl (C=O) groups excluding carboxylic acids is 2. The standard InChI is InChI=1S/C19H23N5O2/c1-12-20-17(11-18(21-12)23-14-5-3-4-6-14)19(26)24-16-9-7-15(8-10-16)22-13(2)25/h7-11,14H,3-6H2,1-2H3,(H,22,25)(H,24,26)(H,20,21,23). The Kier molecular flexibility index (Phi) is 5.46. The Balaban J connectivity index is 1.68. The number of hydrogen-bond donors (Lipinski definition) is 3. The van der Waals surface area contributed by atoms with Crippen molar-refractivity contribution in [3.8, 4) is 0 Å². The van der Waals surface area contributed by atoms with Gasteiger partial charge in [0.05, 0.1) is 0 Å². The van der Waals surface area contributed by atoms with E-state index < -0.39 is 0 Å². The predicted octanol–water partition coefficient (Wildman–Crippen LogP) is 3.35. The van der Waals surface area contributed by atoms with Crippen molar-refractivity contribution in [2.24, 2.45) is 0 Å². The third kappa shape index (κ3) is 4.78. The van der Waals surface area contributed by atoms with Crippen molar-refractivity contribution in [3.63, 3.8) is 0 Å². The van der Waals surface area contributed by atoms with Crippen LogP contribution in [0.2, 0.25) is 0 Å². The van der Waals surface area contributed by atoms with Crippen LogP contribution in [0, 0.1) is 6.92 Å². The second kappa shape index (κ2) is 7.95. The summed E-state index contributed by atoms with van der Waals surface area (Å²) in [6, 6.07) is 9.03. The fraction of sp³-hybridized carbons (Fsp3) is 0.368. The molecule has 136 valence electrons. The number of aryl methyl sites for hydroxylation is 1. The van der Waals surface area contributed by atoms with E-state index in [2.05, 4.69) is 25.9 Å². The lowest BCUT2D eigenvalue weighted by atomic mass is 10.2. The van der Waals surface area contributed by atoms with E-state index in [1.165, 1.54) is 19.8 Å². The summed E-state index contributed by atoms with van der Waals surface area (Å²) in [7, 11) is 0. The van der Waals surface area contributed by atoms with Crippen molar-refractivity contribution in [2.75, 3.05) is 16.0 Å². The van der Waals surface area contributed by atoms with Crippen LogP contribution in [0.1, 0.15) is 48.9 Å². The largest absolute Gasteiger partial charge is 0.367 e. The van der Waals surface area contributed by atoms with E-state index >= 15 is 0 Å². The summed E-state index contributed by atoms with van der Waals surface area (Å²) in [6.07, 6.45) is 4.71. The van der Waals surface area contributed by atoms with Gasteiger partial charge in [0.25, 0.3) is 5.91 Å². The van der Waals surface area contributed by atoms with Crippen LogP contribution in [-0.4, -0.2) is 27.8 Å². The third-order valence-corrected chi connectivity index (χ3v) is 4.24. The minimum absolute atomic E-state index is 0.138. The first-order valence-corrected chi connectivity index (χ1v) is 8.81. The molecular weight excluding hydrogens is 330 g/mol. The second-order valence-corrected chi connectivity index (χ2v) is 6.52. The summed E-state index contributed by atoms with van der Waals surface area (Å²) in [5, 5.41) is 8.90. The van der Waals surface area contributed by atoms with E-state index in [0.717, 1.165) is 12.8 Å². The van der Waals surface area contributed by atoms with Gasteiger partial charge in [0.2, 0.25) is 5.91 Å². The van der Waals surface area contributed by atoms with Gasteiger partial charge in [0.15, 0.2) is 0 Å². The molecule has 0 atom stereocenters. The summed E-state index contributed by atoms with van der Waals surface area (Å²) in [6.45, 7) is 3.23. The first kappa shape index (κ1) is 17.8. The molecule has 0 unspecified atom stereocenters. The summed E-state index contributed by atoms with van der Waals surface area (Å²) < 4.78 is 0. The molecule has 2 aromatic rings. The smallest absolute Gasteiger partial charge is 0.274 e. The minimum Gasteiger partial charge on any atom is -0.367 e. The van der Waals surface area contributed by atoms with Gasteiger partial charge in [-0.05, 0) is 44.0 Å². The van der Waals surface area contributed by atoms with Gasteiger partial charge in [-0.25, -0.2) is 9.97 Å². The second-order valence-electron chi connectivity index (χ2n) is 6.52. The molecule has 0 saturated heterocycles. The van der Waals surface area contributed by atoms with Crippen LogP contribution in [0.5, 0.6) is 0 Å². The number of nitrogens with zero attached hydrogens (tertiary/aromatic N) is 2. The normalized spacial score (nSPS) is 14.1. The number of aromatic nitrogens is 2. The molecule has 1 fully saturated rings. The van der Waals surface area contributed by atoms with Gasteiger partial charge in [0.1, 0.15) is 17.3 Å². The van der Waals surface area contributed by atoms with Crippen LogP contribution in [0.4, 0.5) is 17.2 Å². The average molecular weight is 353 g/mol. The molecule has 0 aliphatic heterocycles. The van der Waals surface area contributed by atoms with Gasteiger partial charge in [-0.2, -0.15) is 0 Å². The van der Waals surface area contributed by atoms with Crippen molar-refractivity contribution in [1.29, 1.82) is 0 Å².